The number of hydrogen-bond acceptors (Lipinski definition) is 2. The highest BCUT2D eigenvalue weighted by Gasteiger charge is 2.23. The molecule has 1 saturated heterocycles. The lowest BCUT2D eigenvalue weighted by molar-refractivity contribution is -0.133. The van der Waals surface area contributed by atoms with Crippen LogP contribution in [0.25, 0.3) is 0 Å². The molecular formula is C15H28N2O. The lowest BCUT2D eigenvalue weighted by Crippen LogP contribution is -2.44. The predicted octanol–water partition coefficient (Wildman–Crippen LogP) is 2.53. The predicted molar refractivity (Wildman–Crippen MR) is 76.5 cm³/mol. The molecule has 1 heterocycles. The molecule has 1 aliphatic rings. The maximum absolute atomic E-state index is 12.1. The lowest BCUT2D eigenvalue weighted by Gasteiger charge is -2.33. The standard InChI is InChI=1S/C15H28N2O/c1-5-13(4)14-8-10-17(11-9-14)15(18)12-16(6-2)7-3/h5,14H,6-12H2,1-4H3. The second kappa shape index (κ2) is 7.57. The first-order valence-electron chi connectivity index (χ1n) is 7.25. The average Bonchev–Trinajstić information content (AvgIpc) is 2.43. The summed E-state index contributed by atoms with van der Waals surface area (Å²) in [6.07, 6.45) is 4.46. The van der Waals surface area contributed by atoms with Crippen LogP contribution in [-0.4, -0.2) is 48.4 Å². The van der Waals surface area contributed by atoms with Gasteiger partial charge >= 0.3 is 0 Å². The zero-order chi connectivity index (χ0) is 13.5. The van der Waals surface area contributed by atoms with Crippen LogP contribution in [0.3, 0.4) is 0 Å². The summed E-state index contributed by atoms with van der Waals surface area (Å²) in [4.78, 5) is 16.4. The Bertz CT molecular complexity index is 287. The Hall–Kier alpha value is -0.830. The van der Waals surface area contributed by atoms with Crippen LogP contribution >= 0.6 is 0 Å². The minimum absolute atomic E-state index is 0.301. The third kappa shape index (κ3) is 4.13. The second-order valence-corrected chi connectivity index (χ2v) is 5.15. The van der Waals surface area contributed by atoms with Crippen molar-refractivity contribution in [3.63, 3.8) is 0 Å². The Balaban J connectivity index is 2.40. The maximum atomic E-state index is 12.1. The van der Waals surface area contributed by atoms with Crippen molar-refractivity contribution in [2.45, 2.75) is 40.5 Å². The molecule has 3 nitrogen and oxygen atoms in total. The lowest BCUT2D eigenvalue weighted by atomic mass is 9.90. The van der Waals surface area contributed by atoms with Gasteiger partial charge in [-0.05, 0) is 45.7 Å². The minimum atomic E-state index is 0.301. The molecule has 104 valence electrons. The first-order chi connectivity index (χ1) is 8.62. The molecule has 3 heteroatoms. The van der Waals surface area contributed by atoms with E-state index in [1.807, 2.05) is 4.90 Å². The number of carbonyl (C=O) groups excluding carboxylic acids is 1. The number of hydrogen-bond donors (Lipinski definition) is 0. The fourth-order valence-corrected chi connectivity index (χ4v) is 2.56. The Morgan fingerprint density at radius 2 is 1.83 bits per heavy atom. The van der Waals surface area contributed by atoms with Crippen molar-refractivity contribution < 1.29 is 4.79 Å². The Morgan fingerprint density at radius 3 is 2.28 bits per heavy atom. The van der Waals surface area contributed by atoms with Gasteiger partial charge in [0.05, 0.1) is 6.54 Å². The average molecular weight is 252 g/mol. The van der Waals surface area contributed by atoms with E-state index in [0.717, 1.165) is 39.0 Å². The number of rotatable bonds is 5. The summed E-state index contributed by atoms with van der Waals surface area (Å²) in [7, 11) is 0. The van der Waals surface area contributed by atoms with Gasteiger partial charge in [-0.15, -0.1) is 0 Å². The first kappa shape index (κ1) is 15.2. The van der Waals surface area contributed by atoms with Crippen LogP contribution in [0, 0.1) is 5.92 Å². The minimum Gasteiger partial charge on any atom is -0.342 e. The third-order valence-electron chi connectivity index (χ3n) is 4.20. The second-order valence-electron chi connectivity index (χ2n) is 5.15. The van der Waals surface area contributed by atoms with E-state index >= 15 is 0 Å². The molecule has 0 N–H and O–H groups in total. The quantitative estimate of drug-likeness (QED) is 0.702. The van der Waals surface area contributed by atoms with Crippen molar-refractivity contribution in [2.24, 2.45) is 5.92 Å². The van der Waals surface area contributed by atoms with Crippen molar-refractivity contribution >= 4 is 5.91 Å². The summed E-state index contributed by atoms with van der Waals surface area (Å²) in [6.45, 7) is 12.9. The highest BCUT2D eigenvalue weighted by Crippen LogP contribution is 2.24. The molecule has 0 radical (unpaired) electrons. The molecule has 18 heavy (non-hydrogen) atoms. The van der Waals surface area contributed by atoms with E-state index in [2.05, 4.69) is 38.7 Å². The number of carbonyl (C=O) groups is 1. The number of nitrogens with zero attached hydrogens (tertiary/aromatic N) is 2. The largest absolute Gasteiger partial charge is 0.342 e. The normalized spacial score (nSPS) is 18.5. The van der Waals surface area contributed by atoms with E-state index in [-0.39, 0.29) is 0 Å². The molecule has 0 aromatic carbocycles. The van der Waals surface area contributed by atoms with Crippen LogP contribution in [0.15, 0.2) is 11.6 Å². The van der Waals surface area contributed by atoms with Gasteiger partial charge in [-0.25, -0.2) is 0 Å². The van der Waals surface area contributed by atoms with Crippen molar-refractivity contribution in [2.75, 3.05) is 32.7 Å². The van der Waals surface area contributed by atoms with Crippen molar-refractivity contribution in [3.05, 3.63) is 11.6 Å². The fourth-order valence-electron chi connectivity index (χ4n) is 2.56. The van der Waals surface area contributed by atoms with Gasteiger partial charge in [0.1, 0.15) is 0 Å². The van der Waals surface area contributed by atoms with E-state index in [1.54, 1.807) is 0 Å². The molecule has 0 unspecified atom stereocenters. The molecular weight excluding hydrogens is 224 g/mol. The van der Waals surface area contributed by atoms with Gasteiger partial charge in [0.2, 0.25) is 5.91 Å². The zero-order valence-electron chi connectivity index (χ0n) is 12.4. The number of piperidine rings is 1. The fraction of sp³-hybridized carbons (Fsp3) is 0.800. The highest BCUT2D eigenvalue weighted by molar-refractivity contribution is 5.78. The van der Waals surface area contributed by atoms with Crippen molar-refractivity contribution in [1.29, 1.82) is 0 Å². The van der Waals surface area contributed by atoms with Gasteiger partial charge in [0.15, 0.2) is 0 Å². The molecule has 0 aliphatic carbocycles. The van der Waals surface area contributed by atoms with Crippen LogP contribution in [-0.2, 0) is 4.79 Å². The number of likely N-dealkylation sites (tertiary alicyclic amines) is 1. The molecule has 1 aliphatic heterocycles. The van der Waals surface area contributed by atoms with Gasteiger partial charge in [-0.1, -0.05) is 25.5 Å². The number of allylic oxidation sites excluding steroid dienone is 2. The maximum Gasteiger partial charge on any atom is 0.236 e. The van der Waals surface area contributed by atoms with Crippen LogP contribution < -0.4 is 0 Å². The summed E-state index contributed by atoms with van der Waals surface area (Å²) in [5.41, 5.74) is 1.48. The van der Waals surface area contributed by atoms with E-state index < -0.39 is 0 Å². The molecule has 0 saturated carbocycles. The Kier molecular flexibility index (Phi) is 6.41. The number of likely N-dealkylation sites (N-methyl/N-ethyl adjacent to an activating group) is 1. The van der Waals surface area contributed by atoms with Crippen LogP contribution in [0.5, 0.6) is 0 Å². The van der Waals surface area contributed by atoms with E-state index in [1.165, 1.54) is 5.57 Å². The van der Waals surface area contributed by atoms with E-state index in [4.69, 9.17) is 0 Å². The molecule has 0 aromatic heterocycles. The van der Waals surface area contributed by atoms with Gasteiger partial charge in [-0.3, -0.25) is 9.69 Å². The summed E-state index contributed by atoms with van der Waals surface area (Å²) in [5, 5.41) is 0. The molecule has 1 fully saturated rings. The topological polar surface area (TPSA) is 23.6 Å². The SMILES string of the molecule is CC=C(C)C1CCN(C(=O)CN(CC)CC)CC1. The third-order valence-corrected chi connectivity index (χ3v) is 4.20. The monoisotopic (exact) mass is 252 g/mol. The zero-order valence-corrected chi connectivity index (χ0v) is 12.4. The van der Waals surface area contributed by atoms with E-state index in [9.17, 15) is 4.79 Å². The molecule has 1 rings (SSSR count). The number of amides is 1. The Morgan fingerprint density at radius 1 is 1.28 bits per heavy atom. The van der Waals surface area contributed by atoms with Crippen LogP contribution in [0.2, 0.25) is 0 Å². The van der Waals surface area contributed by atoms with Crippen molar-refractivity contribution in [1.82, 2.24) is 9.80 Å². The van der Waals surface area contributed by atoms with Gasteiger partial charge in [0.25, 0.3) is 0 Å². The molecule has 0 spiro atoms. The molecule has 0 aromatic rings. The molecule has 0 bridgehead atoms. The van der Waals surface area contributed by atoms with Gasteiger partial charge < -0.3 is 4.90 Å². The summed E-state index contributed by atoms with van der Waals surface area (Å²) >= 11 is 0. The van der Waals surface area contributed by atoms with Gasteiger partial charge in [-0.2, -0.15) is 0 Å². The first-order valence-corrected chi connectivity index (χ1v) is 7.25. The molecule has 0 atom stereocenters. The summed E-state index contributed by atoms with van der Waals surface area (Å²) in [5.74, 6) is 0.989. The molecule has 1 amide bonds. The summed E-state index contributed by atoms with van der Waals surface area (Å²) in [6, 6.07) is 0. The van der Waals surface area contributed by atoms with Gasteiger partial charge in [0, 0.05) is 13.1 Å². The Labute approximate surface area is 112 Å². The smallest absolute Gasteiger partial charge is 0.236 e. The van der Waals surface area contributed by atoms with E-state index in [0.29, 0.717) is 18.4 Å². The van der Waals surface area contributed by atoms with Crippen molar-refractivity contribution in [3.8, 4) is 0 Å². The summed E-state index contributed by atoms with van der Waals surface area (Å²) < 4.78 is 0. The highest BCUT2D eigenvalue weighted by atomic mass is 16.2. The van der Waals surface area contributed by atoms with Crippen LogP contribution in [0.4, 0.5) is 0 Å². The van der Waals surface area contributed by atoms with Crippen LogP contribution in [0.1, 0.15) is 40.5 Å².